The third-order valence-corrected chi connectivity index (χ3v) is 4.97. The predicted molar refractivity (Wildman–Crippen MR) is 120 cm³/mol. The van der Waals surface area contributed by atoms with Gasteiger partial charge in [-0.05, 0) is 39.3 Å². The van der Waals surface area contributed by atoms with Crippen LogP contribution in [0.1, 0.15) is 50.2 Å². The van der Waals surface area contributed by atoms with Gasteiger partial charge in [-0.25, -0.2) is 9.59 Å². The van der Waals surface area contributed by atoms with E-state index in [-0.39, 0.29) is 28.5 Å². The van der Waals surface area contributed by atoms with Crippen molar-refractivity contribution in [3.63, 3.8) is 0 Å². The second-order valence-corrected chi connectivity index (χ2v) is 8.83. The van der Waals surface area contributed by atoms with Crippen molar-refractivity contribution in [2.75, 3.05) is 5.32 Å². The van der Waals surface area contributed by atoms with Crippen molar-refractivity contribution < 1.29 is 24.2 Å². The lowest BCUT2D eigenvalue weighted by Crippen LogP contribution is -2.56. The molecule has 0 radical (unpaired) electrons. The normalized spacial score (nSPS) is 13.1. The van der Waals surface area contributed by atoms with E-state index < -0.39 is 29.1 Å². The van der Waals surface area contributed by atoms with E-state index in [1.165, 1.54) is 18.6 Å². The van der Waals surface area contributed by atoms with Crippen LogP contribution in [0.25, 0.3) is 0 Å². The first-order valence-corrected chi connectivity index (χ1v) is 10.4. The van der Waals surface area contributed by atoms with E-state index >= 15 is 0 Å². The highest BCUT2D eigenvalue weighted by atomic mass is 35.5. The number of nitrogens with zero attached hydrogens (tertiary/aromatic N) is 2. The first-order chi connectivity index (χ1) is 14.9. The van der Waals surface area contributed by atoms with E-state index in [4.69, 9.17) is 27.9 Å². The van der Waals surface area contributed by atoms with Crippen LogP contribution in [0.15, 0.2) is 30.7 Å². The molecular weight excluding hydrogens is 459 g/mol. The van der Waals surface area contributed by atoms with Crippen LogP contribution in [0.3, 0.4) is 0 Å². The maximum atomic E-state index is 12.5. The molecule has 0 saturated carbocycles. The second kappa shape index (κ2) is 10.1. The smallest absolute Gasteiger partial charge is 0.408 e. The minimum absolute atomic E-state index is 0.0739. The molecule has 172 valence electrons. The number of ether oxygens (including phenoxy) is 1. The van der Waals surface area contributed by atoms with E-state index in [1.54, 1.807) is 39.8 Å². The zero-order valence-electron chi connectivity index (χ0n) is 18.0. The highest BCUT2D eigenvalue weighted by Crippen LogP contribution is 2.24. The number of nitrogens with one attached hydrogen (secondary N) is 2. The van der Waals surface area contributed by atoms with Crippen molar-refractivity contribution in [3.05, 3.63) is 52.0 Å². The fraction of sp³-hybridized carbons (Fsp3) is 0.381. The van der Waals surface area contributed by atoms with Crippen LogP contribution < -0.4 is 10.6 Å². The van der Waals surface area contributed by atoms with Crippen LogP contribution in [0.5, 0.6) is 0 Å². The molecule has 3 N–H and O–H groups in total. The molecule has 1 atom stereocenters. The number of anilines is 1. The molecule has 0 aliphatic carbocycles. The van der Waals surface area contributed by atoms with Crippen LogP contribution in [0.2, 0.25) is 10.0 Å². The number of aliphatic carboxylic acids is 1. The summed E-state index contributed by atoms with van der Waals surface area (Å²) < 4.78 is 5.20. The molecule has 2 rings (SSSR count). The molecule has 2 heterocycles. The predicted octanol–water partition coefficient (Wildman–Crippen LogP) is 4.34. The molecule has 0 aliphatic rings. The minimum Gasteiger partial charge on any atom is -0.479 e. The Kier molecular flexibility index (Phi) is 8.03. The molecule has 2 amide bonds. The number of carboxylic acids is 1. The van der Waals surface area contributed by atoms with Gasteiger partial charge in [-0.3, -0.25) is 14.8 Å². The third-order valence-electron chi connectivity index (χ3n) is 4.40. The summed E-state index contributed by atoms with van der Waals surface area (Å²) in [5, 5.41) is 15.1. The van der Waals surface area contributed by atoms with Crippen LogP contribution in [-0.4, -0.2) is 44.2 Å². The van der Waals surface area contributed by atoms with Gasteiger partial charge in [0.2, 0.25) is 0 Å². The van der Waals surface area contributed by atoms with Crippen LogP contribution in [0.4, 0.5) is 10.5 Å². The number of hydrogen-bond donors (Lipinski definition) is 3. The van der Waals surface area contributed by atoms with Gasteiger partial charge in [-0.1, -0.05) is 30.1 Å². The Bertz CT molecular complexity index is 988. The highest BCUT2D eigenvalue weighted by molar-refractivity contribution is 6.40. The molecule has 2 aromatic rings. The molecule has 0 bridgehead atoms. The number of rotatable bonds is 7. The topological polar surface area (TPSA) is 131 Å². The van der Waals surface area contributed by atoms with Gasteiger partial charge in [0.15, 0.2) is 0 Å². The third kappa shape index (κ3) is 6.54. The maximum absolute atomic E-state index is 12.5. The first kappa shape index (κ1) is 25.4. The molecule has 0 fully saturated rings. The SMILES string of the molecule is CC[C@@](Cc1ccc(NC(=O)c2c(Cl)cncc2Cl)cn1)(NC(=O)OC(C)(C)C)C(=O)O. The quantitative estimate of drug-likeness (QED) is 0.534. The lowest BCUT2D eigenvalue weighted by atomic mass is 9.90. The summed E-state index contributed by atoms with van der Waals surface area (Å²) in [7, 11) is 0. The summed E-state index contributed by atoms with van der Waals surface area (Å²) in [5.74, 6) is -1.76. The van der Waals surface area contributed by atoms with Crippen molar-refractivity contribution in [2.24, 2.45) is 0 Å². The van der Waals surface area contributed by atoms with Crippen molar-refractivity contribution in [1.29, 1.82) is 0 Å². The lowest BCUT2D eigenvalue weighted by molar-refractivity contribution is -0.145. The average Bonchev–Trinajstić information content (AvgIpc) is 2.67. The summed E-state index contributed by atoms with van der Waals surface area (Å²) >= 11 is 12.0. The Labute approximate surface area is 195 Å². The van der Waals surface area contributed by atoms with E-state index in [9.17, 15) is 19.5 Å². The van der Waals surface area contributed by atoms with Gasteiger partial charge in [0.05, 0.1) is 27.5 Å². The van der Waals surface area contributed by atoms with Crippen LogP contribution in [0, 0.1) is 0 Å². The van der Waals surface area contributed by atoms with Gasteiger partial charge in [-0.2, -0.15) is 0 Å². The van der Waals surface area contributed by atoms with Gasteiger partial charge in [0, 0.05) is 24.5 Å². The highest BCUT2D eigenvalue weighted by Gasteiger charge is 2.40. The molecule has 0 saturated heterocycles. The maximum Gasteiger partial charge on any atom is 0.408 e. The average molecular weight is 483 g/mol. The van der Waals surface area contributed by atoms with Gasteiger partial charge in [-0.15, -0.1) is 0 Å². The van der Waals surface area contributed by atoms with E-state index in [0.29, 0.717) is 11.4 Å². The number of carbonyl (C=O) groups is 3. The zero-order chi connectivity index (χ0) is 24.1. The summed E-state index contributed by atoms with van der Waals surface area (Å²) in [6.07, 6.45) is 3.15. The summed E-state index contributed by atoms with van der Waals surface area (Å²) in [6.45, 7) is 6.69. The Morgan fingerprint density at radius 2 is 1.72 bits per heavy atom. The Hall–Kier alpha value is -2.91. The molecule has 0 aromatic carbocycles. The van der Waals surface area contributed by atoms with Crippen LogP contribution in [-0.2, 0) is 16.0 Å². The van der Waals surface area contributed by atoms with Gasteiger partial charge < -0.3 is 20.5 Å². The van der Waals surface area contributed by atoms with Crippen molar-refractivity contribution in [2.45, 2.75) is 51.7 Å². The Morgan fingerprint density at radius 1 is 1.09 bits per heavy atom. The molecule has 2 aromatic heterocycles. The fourth-order valence-corrected chi connectivity index (χ4v) is 3.31. The summed E-state index contributed by atoms with van der Waals surface area (Å²) in [5.41, 5.74) is -1.58. The molecule has 0 unspecified atom stereocenters. The van der Waals surface area contributed by atoms with Gasteiger partial charge in [0.25, 0.3) is 5.91 Å². The standard InChI is InChI=1S/C21H24Cl2N4O5/c1-5-21(18(29)30,27-19(31)32-20(2,3)4)8-12-6-7-13(9-25-12)26-17(28)16-14(22)10-24-11-15(16)23/h6-7,9-11H,5,8H2,1-4H3,(H,26,28)(H,27,31)(H,29,30)/t21-/m0/s1. The molecule has 0 spiro atoms. The number of carbonyl (C=O) groups excluding carboxylic acids is 2. The first-order valence-electron chi connectivity index (χ1n) is 9.66. The lowest BCUT2D eigenvalue weighted by Gasteiger charge is -2.30. The van der Waals surface area contributed by atoms with Gasteiger partial charge in [0.1, 0.15) is 11.1 Å². The molecular formula is C21H24Cl2N4O5. The number of hydrogen-bond acceptors (Lipinski definition) is 6. The molecule has 9 nitrogen and oxygen atoms in total. The fourth-order valence-electron chi connectivity index (χ4n) is 2.77. The number of alkyl carbamates (subject to hydrolysis) is 1. The number of carboxylic acid groups (broad SMARTS) is 1. The molecule has 32 heavy (non-hydrogen) atoms. The number of halogens is 2. The Balaban J connectivity index is 2.17. The minimum atomic E-state index is -1.61. The number of pyridine rings is 2. The number of amides is 2. The molecule has 0 aliphatic heterocycles. The zero-order valence-corrected chi connectivity index (χ0v) is 19.5. The van der Waals surface area contributed by atoms with Crippen LogP contribution >= 0.6 is 23.2 Å². The van der Waals surface area contributed by atoms with E-state index in [0.717, 1.165) is 0 Å². The monoisotopic (exact) mass is 482 g/mol. The van der Waals surface area contributed by atoms with Crippen molar-refractivity contribution in [1.82, 2.24) is 15.3 Å². The summed E-state index contributed by atoms with van der Waals surface area (Å²) in [6, 6.07) is 3.11. The summed E-state index contributed by atoms with van der Waals surface area (Å²) in [4.78, 5) is 44.7. The van der Waals surface area contributed by atoms with Crippen molar-refractivity contribution >= 4 is 46.9 Å². The second-order valence-electron chi connectivity index (χ2n) is 8.01. The Morgan fingerprint density at radius 3 is 2.19 bits per heavy atom. The van der Waals surface area contributed by atoms with E-state index in [1.807, 2.05) is 0 Å². The number of aromatic nitrogens is 2. The van der Waals surface area contributed by atoms with E-state index in [2.05, 4.69) is 20.6 Å². The molecule has 11 heteroatoms. The van der Waals surface area contributed by atoms with Crippen molar-refractivity contribution in [3.8, 4) is 0 Å². The van der Waals surface area contributed by atoms with Gasteiger partial charge >= 0.3 is 12.1 Å². The largest absolute Gasteiger partial charge is 0.479 e.